The lowest BCUT2D eigenvalue weighted by atomic mass is 10.1. The number of hydrogen-bond acceptors (Lipinski definition) is 2. The Labute approximate surface area is 92.3 Å². The normalized spacial score (nSPS) is 12.9. The van der Waals surface area contributed by atoms with Crippen molar-refractivity contribution in [3.8, 4) is 0 Å². The van der Waals surface area contributed by atoms with Gasteiger partial charge in [0.05, 0.1) is 6.10 Å². The van der Waals surface area contributed by atoms with Crippen LogP contribution in [0.25, 0.3) is 0 Å². The summed E-state index contributed by atoms with van der Waals surface area (Å²) in [5.41, 5.74) is 0.660. The first-order valence-electron chi connectivity index (χ1n) is 4.24. The third-order valence-electron chi connectivity index (χ3n) is 1.82. The van der Waals surface area contributed by atoms with Gasteiger partial charge in [-0.1, -0.05) is 11.6 Å². The van der Waals surface area contributed by atoms with Gasteiger partial charge in [-0.05, 0) is 30.0 Å². The number of benzene rings is 1. The maximum absolute atomic E-state index is 12.8. The van der Waals surface area contributed by atoms with Crippen LogP contribution in [0, 0.1) is 5.82 Å². The first-order chi connectivity index (χ1) is 6.63. The highest BCUT2D eigenvalue weighted by Crippen LogP contribution is 2.19. The van der Waals surface area contributed by atoms with Crippen LogP contribution in [-0.4, -0.2) is 23.2 Å². The summed E-state index contributed by atoms with van der Waals surface area (Å²) < 4.78 is 12.8. The first-order valence-corrected chi connectivity index (χ1v) is 6.01. The minimum absolute atomic E-state index is 0.319. The monoisotopic (exact) mass is 234 g/mol. The molecule has 0 spiro atoms. The Hall–Kier alpha value is -0.250. The van der Waals surface area contributed by atoms with Gasteiger partial charge in [0.25, 0.3) is 0 Å². The Morgan fingerprint density at radius 1 is 1.57 bits per heavy atom. The lowest BCUT2D eigenvalue weighted by Crippen LogP contribution is -2.13. The van der Waals surface area contributed by atoms with E-state index in [9.17, 15) is 9.50 Å². The van der Waals surface area contributed by atoms with Gasteiger partial charge >= 0.3 is 0 Å². The summed E-state index contributed by atoms with van der Waals surface area (Å²) in [6.07, 6.45) is 1.85. The molecule has 1 aromatic carbocycles. The molecule has 14 heavy (non-hydrogen) atoms. The fourth-order valence-electron chi connectivity index (χ4n) is 1.20. The number of thioether (sulfide) groups is 1. The maximum Gasteiger partial charge on any atom is 0.123 e. The summed E-state index contributed by atoms with van der Waals surface area (Å²) >= 11 is 7.41. The lowest BCUT2D eigenvalue weighted by Gasteiger charge is -2.10. The van der Waals surface area contributed by atoms with E-state index < -0.39 is 6.10 Å². The van der Waals surface area contributed by atoms with E-state index in [1.54, 1.807) is 11.8 Å². The van der Waals surface area contributed by atoms with Crippen LogP contribution in [0.5, 0.6) is 0 Å². The SMILES string of the molecule is CSCC(O)Cc1cc(F)ccc1Cl. The van der Waals surface area contributed by atoms with Gasteiger partial charge in [-0.25, -0.2) is 4.39 Å². The van der Waals surface area contributed by atoms with Gasteiger partial charge in [0, 0.05) is 17.2 Å². The minimum Gasteiger partial charge on any atom is -0.392 e. The largest absolute Gasteiger partial charge is 0.392 e. The van der Waals surface area contributed by atoms with Crippen molar-refractivity contribution < 1.29 is 9.50 Å². The summed E-state index contributed by atoms with van der Waals surface area (Å²) in [5, 5.41) is 10.0. The molecule has 0 aliphatic rings. The summed E-state index contributed by atoms with van der Waals surface area (Å²) in [7, 11) is 0. The van der Waals surface area contributed by atoms with Gasteiger partial charge in [-0.3, -0.25) is 0 Å². The molecule has 0 aromatic heterocycles. The molecule has 1 unspecified atom stereocenters. The second-order valence-corrected chi connectivity index (χ2v) is 4.37. The van der Waals surface area contributed by atoms with Gasteiger partial charge in [0.1, 0.15) is 5.82 Å². The molecule has 0 saturated heterocycles. The van der Waals surface area contributed by atoms with Gasteiger partial charge in [-0.2, -0.15) is 11.8 Å². The fourth-order valence-corrected chi connectivity index (χ4v) is 1.90. The number of aliphatic hydroxyl groups excluding tert-OH is 1. The first kappa shape index (κ1) is 11.8. The maximum atomic E-state index is 12.8. The number of halogens is 2. The van der Waals surface area contributed by atoms with Crippen molar-refractivity contribution in [1.29, 1.82) is 0 Å². The van der Waals surface area contributed by atoms with Crippen LogP contribution in [-0.2, 0) is 6.42 Å². The number of aliphatic hydroxyl groups is 1. The molecule has 1 nitrogen and oxygen atoms in total. The Morgan fingerprint density at radius 2 is 2.29 bits per heavy atom. The predicted molar refractivity (Wildman–Crippen MR) is 59.5 cm³/mol. The van der Waals surface area contributed by atoms with Crippen molar-refractivity contribution in [3.05, 3.63) is 34.6 Å². The lowest BCUT2D eigenvalue weighted by molar-refractivity contribution is 0.200. The molecule has 0 fully saturated rings. The van der Waals surface area contributed by atoms with E-state index in [0.29, 0.717) is 22.8 Å². The molecule has 0 heterocycles. The second-order valence-electron chi connectivity index (χ2n) is 3.05. The van der Waals surface area contributed by atoms with E-state index in [2.05, 4.69) is 0 Å². The van der Waals surface area contributed by atoms with E-state index in [4.69, 9.17) is 11.6 Å². The Balaban J connectivity index is 2.70. The summed E-state index contributed by atoms with van der Waals surface area (Å²) in [6, 6.07) is 4.19. The van der Waals surface area contributed by atoms with E-state index in [0.717, 1.165) is 0 Å². The summed E-state index contributed by atoms with van der Waals surface area (Å²) in [5.74, 6) is 0.313. The molecule has 0 radical (unpaired) electrons. The van der Waals surface area contributed by atoms with E-state index in [-0.39, 0.29) is 5.82 Å². The summed E-state index contributed by atoms with van der Waals surface area (Å²) in [6.45, 7) is 0. The molecule has 0 saturated carbocycles. The molecule has 0 bridgehead atoms. The molecule has 4 heteroatoms. The van der Waals surface area contributed by atoms with Crippen molar-refractivity contribution in [3.63, 3.8) is 0 Å². The molecule has 0 amide bonds. The topological polar surface area (TPSA) is 20.2 Å². The van der Waals surface area contributed by atoms with Gasteiger partial charge in [0.15, 0.2) is 0 Å². The van der Waals surface area contributed by atoms with Crippen molar-refractivity contribution in [2.75, 3.05) is 12.0 Å². The highest BCUT2D eigenvalue weighted by molar-refractivity contribution is 7.98. The highest BCUT2D eigenvalue weighted by Gasteiger charge is 2.08. The van der Waals surface area contributed by atoms with Crippen LogP contribution in [0.4, 0.5) is 4.39 Å². The summed E-state index contributed by atoms with van der Waals surface area (Å²) in [4.78, 5) is 0. The molecule has 1 aromatic rings. The molecule has 78 valence electrons. The van der Waals surface area contributed by atoms with Crippen LogP contribution in [0.2, 0.25) is 5.02 Å². The average Bonchev–Trinajstić information content (AvgIpc) is 2.12. The van der Waals surface area contributed by atoms with Crippen LogP contribution in [0.1, 0.15) is 5.56 Å². The quantitative estimate of drug-likeness (QED) is 0.865. The molecule has 0 aliphatic heterocycles. The average molecular weight is 235 g/mol. The van der Waals surface area contributed by atoms with Crippen LogP contribution in [0.3, 0.4) is 0 Å². The van der Waals surface area contributed by atoms with Crippen LogP contribution in [0.15, 0.2) is 18.2 Å². The predicted octanol–water partition coefficient (Wildman–Crippen LogP) is 2.75. The van der Waals surface area contributed by atoms with Crippen molar-refractivity contribution in [2.45, 2.75) is 12.5 Å². The van der Waals surface area contributed by atoms with Gasteiger partial charge in [0.2, 0.25) is 0 Å². The Morgan fingerprint density at radius 3 is 2.93 bits per heavy atom. The second kappa shape index (κ2) is 5.59. The highest BCUT2D eigenvalue weighted by atomic mass is 35.5. The van der Waals surface area contributed by atoms with Crippen molar-refractivity contribution >= 4 is 23.4 Å². The van der Waals surface area contributed by atoms with Crippen molar-refractivity contribution in [2.24, 2.45) is 0 Å². The van der Waals surface area contributed by atoms with E-state index in [1.165, 1.54) is 18.2 Å². The minimum atomic E-state index is -0.468. The van der Waals surface area contributed by atoms with Crippen LogP contribution < -0.4 is 0 Å². The zero-order valence-corrected chi connectivity index (χ0v) is 9.41. The van der Waals surface area contributed by atoms with Crippen LogP contribution >= 0.6 is 23.4 Å². The van der Waals surface area contributed by atoms with Gasteiger partial charge < -0.3 is 5.11 Å². The third kappa shape index (κ3) is 3.48. The molecular weight excluding hydrogens is 223 g/mol. The smallest absolute Gasteiger partial charge is 0.123 e. The molecule has 0 aliphatic carbocycles. The molecule has 1 rings (SSSR count). The Kier molecular flexibility index (Phi) is 4.72. The van der Waals surface area contributed by atoms with Crippen molar-refractivity contribution in [1.82, 2.24) is 0 Å². The molecule has 1 atom stereocenters. The third-order valence-corrected chi connectivity index (χ3v) is 2.91. The van der Waals surface area contributed by atoms with Gasteiger partial charge in [-0.15, -0.1) is 0 Å². The molecule has 1 N–H and O–H groups in total. The van der Waals surface area contributed by atoms with E-state index >= 15 is 0 Å². The number of rotatable bonds is 4. The fraction of sp³-hybridized carbons (Fsp3) is 0.400. The Bertz CT molecular complexity index is 306. The zero-order valence-electron chi connectivity index (χ0n) is 7.84. The van der Waals surface area contributed by atoms with E-state index in [1.807, 2.05) is 6.26 Å². The molecular formula is C10H12ClFOS. The number of hydrogen-bond donors (Lipinski definition) is 1. The zero-order chi connectivity index (χ0) is 10.6. The standard InChI is InChI=1S/C10H12ClFOS/c1-14-6-9(13)5-7-4-8(12)2-3-10(7)11/h2-4,9,13H,5-6H2,1H3.